The van der Waals surface area contributed by atoms with Crippen molar-refractivity contribution >= 4 is 11.8 Å². The van der Waals surface area contributed by atoms with Gasteiger partial charge in [-0.05, 0) is 23.5 Å². The minimum Gasteiger partial charge on any atom is -0.308 e. The second-order valence-electron chi connectivity index (χ2n) is 4.61. The molecule has 1 N–H and O–H groups in total. The van der Waals surface area contributed by atoms with Crippen LogP contribution in [0.15, 0.2) is 24.3 Å². The Balaban J connectivity index is 2.03. The summed E-state index contributed by atoms with van der Waals surface area (Å²) in [5.41, 5.74) is 3.11. The van der Waals surface area contributed by atoms with Crippen molar-refractivity contribution < 1.29 is 0 Å². The molecule has 0 aromatic heterocycles. The van der Waals surface area contributed by atoms with Gasteiger partial charge in [-0.3, -0.25) is 0 Å². The summed E-state index contributed by atoms with van der Waals surface area (Å²) in [5.74, 6) is 2.01. The molecule has 0 amide bonds. The Bertz CT molecular complexity index is 363. The van der Waals surface area contributed by atoms with Crippen LogP contribution in [0.5, 0.6) is 0 Å². The number of benzene rings is 1. The monoisotopic (exact) mass is 219 g/mol. The summed E-state index contributed by atoms with van der Waals surface area (Å²) in [6.45, 7) is 3.53. The third-order valence-electron chi connectivity index (χ3n) is 3.62. The van der Waals surface area contributed by atoms with Gasteiger partial charge in [-0.25, -0.2) is 0 Å². The SMILES string of the molecule is CC1CC2SCCNC2c2ccccc21. The van der Waals surface area contributed by atoms with Gasteiger partial charge in [0.15, 0.2) is 0 Å². The molecular weight excluding hydrogens is 202 g/mol. The molecule has 3 atom stereocenters. The van der Waals surface area contributed by atoms with Gasteiger partial charge < -0.3 is 5.32 Å². The molecule has 0 bridgehead atoms. The van der Waals surface area contributed by atoms with Crippen molar-refractivity contribution in [1.82, 2.24) is 5.32 Å². The highest BCUT2D eigenvalue weighted by Gasteiger charge is 2.34. The molecule has 1 saturated heterocycles. The maximum Gasteiger partial charge on any atom is 0.0443 e. The van der Waals surface area contributed by atoms with Crippen molar-refractivity contribution in [2.45, 2.75) is 30.6 Å². The molecule has 1 heterocycles. The standard InChI is InChI=1S/C13H17NS/c1-9-8-12-13(14-6-7-15-12)11-5-3-2-4-10(9)11/h2-5,9,12-14H,6-8H2,1H3. The summed E-state index contributed by atoms with van der Waals surface area (Å²) in [6.07, 6.45) is 1.33. The maximum absolute atomic E-state index is 3.68. The van der Waals surface area contributed by atoms with Crippen LogP contribution < -0.4 is 5.32 Å². The minimum absolute atomic E-state index is 0.608. The van der Waals surface area contributed by atoms with E-state index in [4.69, 9.17) is 0 Å². The topological polar surface area (TPSA) is 12.0 Å². The molecule has 2 aliphatic rings. The summed E-state index contributed by atoms with van der Waals surface area (Å²) in [7, 11) is 0. The predicted octanol–water partition coefficient (Wildman–Crippen LogP) is 2.94. The number of hydrogen-bond donors (Lipinski definition) is 1. The lowest BCUT2D eigenvalue weighted by atomic mass is 9.80. The number of fused-ring (bicyclic) bond motifs is 3. The Hall–Kier alpha value is -0.470. The summed E-state index contributed by atoms with van der Waals surface area (Å²) < 4.78 is 0. The highest BCUT2D eigenvalue weighted by atomic mass is 32.2. The molecule has 1 fully saturated rings. The number of thioether (sulfide) groups is 1. The van der Waals surface area contributed by atoms with Crippen molar-refractivity contribution in [3.05, 3.63) is 35.4 Å². The molecule has 3 rings (SSSR count). The van der Waals surface area contributed by atoms with E-state index in [1.54, 1.807) is 11.1 Å². The Labute approximate surface area is 95.6 Å². The van der Waals surface area contributed by atoms with Crippen molar-refractivity contribution in [3.63, 3.8) is 0 Å². The van der Waals surface area contributed by atoms with E-state index < -0.39 is 0 Å². The number of hydrogen-bond acceptors (Lipinski definition) is 2. The molecule has 0 saturated carbocycles. The first-order chi connectivity index (χ1) is 7.36. The molecule has 1 aliphatic heterocycles. The molecule has 1 aromatic rings. The zero-order valence-electron chi connectivity index (χ0n) is 9.07. The smallest absolute Gasteiger partial charge is 0.0443 e. The van der Waals surface area contributed by atoms with Gasteiger partial charge in [-0.15, -0.1) is 0 Å². The zero-order chi connectivity index (χ0) is 10.3. The molecule has 0 spiro atoms. The highest BCUT2D eigenvalue weighted by Crippen LogP contribution is 2.43. The molecule has 1 nitrogen and oxygen atoms in total. The number of nitrogens with one attached hydrogen (secondary N) is 1. The summed E-state index contributed by atoms with van der Waals surface area (Å²) in [6, 6.07) is 9.57. The van der Waals surface area contributed by atoms with Gasteiger partial charge in [0.1, 0.15) is 0 Å². The van der Waals surface area contributed by atoms with E-state index >= 15 is 0 Å². The fourth-order valence-electron chi connectivity index (χ4n) is 2.89. The Morgan fingerprint density at radius 2 is 2.07 bits per heavy atom. The quantitative estimate of drug-likeness (QED) is 0.720. The lowest BCUT2D eigenvalue weighted by molar-refractivity contribution is 0.443. The average Bonchev–Trinajstić information content (AvgIpc) is 2.30. The third kappa shape index (κ3) is 1.60. The molecule has 2 heteroatoms. The van der Waals surface area contributed by atoms with Gasteiger partial charge in [-0.2, -0.15) is 11.8 Å². The van der Waals surface area contributed by atoms with Gasteiger partial charge in [-0.1, -0.05) is 31.2 Å². The van der Waals surface area contributed by atoms with Gasteiger partial charge in [0.25, 0.3) is 0 Å². The largest absolute Gasteiger partial charge is 0.308 e. The average molecular weight is 219 g/mol. The van der Waals surface area contributed by atoms with Crippen LogP contribution >= 0.6 is 11.8 Å². The van der Waals surface area contributed by atoms with Gasteiger partial charge in [0.2, 0.25) is 0 Å². The Morgan fingerprint density at radius 1 is 1.27 bits per heavy atom. The van der Waals surface area contributed by atoms with Gasteiger partial charge in [0, 0.05) is 23.6 Å². The van der Waals surface area contributed by atoms with Gasteiger partial charge >= 0.3 is 0 Å². The van der Waals surface area contributed by atoms with Crippen molar-refractivity contribution in [2.75, 3.05) is 12.3 Å². The van der Waals surface area contributed by atoms with Crippen LogP contribution in [-0.4, -0.2) is 17.5 Å². The molecule has 1 aliphatic carbocycles. The van der Waals surface area contributed by atoms with Crippen LogP contribution in [0.1, 0.15) is 36.4 Å². The summed E-state index contributed by atoms with van der Waals surface area (Å²) in [5, 5.41) is 4.47. The van der Waals surface area contributed by atoms with Crippen molar-refractivity contribution in [2.24, 2.45) is 0 Å². The van der Waals surface area contributed by atoms with Crippen LogP contribution in [0.3, 0.4) is 0 Å². The van der Waals surface area contributed by atoms with E-state index in [0.29, 0.717) is 6.04 Å². The molecule has 0 radical (unpaired) electrons. The molecular formula is C13H17NS. The second kappa shape index (κ2) is 3.84. The first kappa shape index (κ1) is 9.73. The van der Waals surface area contributed by atoms with Crippen molar-refractivity contribution in [3.8, 4) is 0 Å². The van der Waals surface area contributed by atoms with Crippen LogP contribution in [0.4, 0.5) is 0 Å². The molecule has 80 valence electrons. The lowest BCUT2D eigenvalue weighted by Crippen LogP contribution is -2.40. The van der Waals surface area contributed by atoms with E-state index in [1.165, 1.54) is 12.2 Å². The highest BCUT2D eigenvalue weighted by molar-refractivity contribution is 8.00. The second-order valence-corrected chi connectivity index (χ2v) is 5.95. The Morgan fingerprint density at radius 3 is 2.93 bits per heavy atom. The maximum atomic E-state index is 3.68. The van der Waals surface area contributed by atoms with E-state index in [2.05, 4.69) is 48.3 Å². The summed E-state index contributed by atoms with van der Waals surface area (Å²) >= 11 is 2.15. The van der Waals surface area contributed by atoms with E-state index in [-0.39, 0.29) is 0 Å². The van der Waals surface area contributed by atoms with Crippen LogP contribution in [0.25, 0.3) is 0 Å². The zero-order valence-corrected chi connectivity index (χ0v) is 9.89. The fourth-order valence-corrected chi connectivity index (χ4v) is 4.28. The first-order valence-corrected chi connectivity index (χ1v) is 6.85. The molecule has 3 unspecified atom stereocenters. The van der Waals surface area contributed by atoms with Gasteiger partial charge in [0.05, 0.1) is 0 Å². The fraction of sp³-hybridized carbons (Fsp3) is 0.538. The van der Waals surface area contributed by atoms with Crippen LogP contribution in [-0.2, 0) is 0 Å². The normalized spacial score (nSPS) is 34.3. The number of rotatable bonds is 0. The first-order valence-electron chi connectivity index (χ1n) is 5.80. The third-order valence-corrected chi connectivity index (χ3v) is 4.95. The molecule has 1 aromatic carbocycles. The van der Waals surface area contributed by atoms with Crippen molar-refractivity contribution in [1.29, 1.82) is 0 Å². The van der Waals surface area contributed by atoms with Crippen LogP contribution in [0, 0.1) is 0 Å². The van der Waals surface area contributed by atoms with Crippen LogP contribution in [0.2, 0.25) is 0 Å². The lowest BCUT2D eigenvalue weighted by Gasteiger charge is -2.40. The molecule has 15 heavy (non-hydrogen) atoms. The van der Waals surface area contributed by atoms with E-state index in [1.807, 2.05) is 0 Å². The van der Waals surface area contributed by atoms with E-state index in [0.717, 1.165) is 17.7 Å². The predicted molar refractivity (Wildman–Crippen MR) is 66.5 cm³/mol. The minimum atomic E-state index is 0.608. The Kier molecular flexibility index (Phi) is 2.49. The summed E-state index contributed by atoms with van der Waals surface area (Å²) in [4.78, 5) is 0. The van der Waals surface area contributed by atoms with E-state index in [9.17, 15) is 0 Å².